The fourth-order valence-electron chi connectivity index (χ4n) is 3.77. The van der Waals surface area contributed by atoms with Gasteiger partial charge in [0.1, 0.15) is 0 Å². The van der Waals surface area contributed by atoms with Crippen molar-refractivity contribution in [3.05, 3.63) is 83.2 Å². The van der Waals surface area contributed by atoms with Gasteiger partial charge in [-0.3, -0.25) is 9.69 Å². The molecule has 3 amide bonds. The number of alkyl halides is 3. The average Bonchev–Trinajstić information content (AvgIpc) is 3.20. The summed E-state index contributed by atoms with van der Waals surface area (Å²) in [6.07, 6.45) is -5.00. The summed E-state index contributed by atoms with van der Waals surface area (Å²) >= 11 is 0. The van der Waals surface area contributed by atoms with Gasteiger partial charge in [0.25, 0.3) is 5.91 Å². The Labute approximate surface area is 176 Å². The third kappa shape index (κ3) is 3.35. The normalized spacial score (nSPS) is 19.1. The molecule has 2 heterocycles. The SMILES string of the molecule is Cc1cc(C)n(-c2ccc(CN3C(=O)NC(c4ccccc4)(C(F)(F)F)C3=O)cc2)n1. The Morgan fingerprint density at radius 1 is 1.00 bits per heavy atom. The summed E-state index contributed by atoms with van der Waals surface area (Å²) in [6.45, 7) is 3.49. The van der Waals surface area contributed by atoms with Gasteiger partial charge in [0.05, 0.1) is 17.9 Å². The number of halogens is 3. The minimum absolute atomic E-state index is 0.285. The molecule has 6 nitrogen and oxygen atoms in total. The molecule has 9 heteroatoms. The largest absolute Gasteiger partial charge is 0.425 e. The third-order valence-corrected chi connectivity index (χ3v) is 5.27. The van der Waals surface area contributed by atoms with Crippen molar-refractivity contribution < 1.29 is 22.8 Å². The lowest BCUT2D eigenvalue weighted by Gasteiger charge is -2.29. The molecule has 4 rings (SSSR count). The number of nitrogens with one attached hydrogen (secondary N) is 1. The van der Waals surface area contributed by atoms with Crippen LogP contribution in [0.3, 0.4) is 0 Å². The van der Waals surface area contributed by atoms with E-state index in [9.17, 15) is 22.8 Å². The molecule has 31 heavy (non-hydrogen) atoms. The molecule has 0 spiro atoms. The number of urea groups is 1. The smallest absolute Gasteiger partial charge is 0.312 e. The number of rotatable bonds is 4. The van der Waals surface area contributed by atoms with E-state index in [1.165, 1.54) is 30.3 Å². The molecule has 1 N–H and O–H groups in total. The van der Waals surface area contributed by atoms with Crippen LogP contribution in [0.1, 0.15) is 22.5 Å². The van der Waals surface area contributed by atoms with Gasteiger partial charge in [0, 0.05) is 5.69 Å². The van der Waals surface area contributed by atoms with Crippen molar-refractivity contribution >= 4 is 11.9 Å². The van der Waals surface area contributed by atoms with E-state index in [0.29, 0.717) is 10.5 Å². The number of imide groups is 1. The van der Waals surface area contributed by atoms with Crippen molar-refractivity contribution in [3.8, 4) is 5.69 Å². The fourth-order valence-corrected chi connectivity index (χ4v) is 3.77. The molecule has 2 aromatic carbocycles. The first kappa shape index (κ1) is 20.6. The van der Waals surface area contributed by atoms with Gasteiger partial charge in [-0.25, -0.2) is 9.48 Å². The number of hydrogen-bond acceptors (Lipinski definition) is 3. The number of nitrogens with zero attached hydrogens (tertiary/aromatic N) is 3. The van der Waals surface area contributed by atoms with E-state index in [4.69, 9.17) is 0 Å². The lowest BCUT2D eigenvalue weighted by molar-refractivity contribution is -0.198. The molecule has 1 aliphatic heterocycles. The van der Waals surface area contributed by atoms with Crippen LogP contribution in [-0.2, 0) is 16.9 Å². The molecule has 3 aromatic rings. The van der Waals surface area contributed by atoms with E-state index >= 15 is 0 Å². The van der Waals surface area contributed by atoms with Gasteiger partial charge in [-0.15, -0.1) is 0 Å². The molecule has 0 saturated carbocycles. The van der Waals surface area contributed by atoms with Crippen molar-refractivity contribution in [2.24, 2.45) is 0 Å². The minimum Gasteiger partial charge on any atom is -0.312 e. The minimum atomic E-state index is -5.00. The molecule has 0 radical (unpaired) electrons. The van der Waals surface area contributed by atoms with Gasteiger partial charge >= 0.3 is 12.2 Å². The van der Waals surface area contributed by atoms with E-state index in [1.807, 2.05) is 25.2 Å². The Morgan fingerprint density at radius 2 is 1.65 bits per heavy atom. The monoisotopic (exact) mass is 428 g/mol. The number of benzene rings is 2. The van der Waals surface area contributed by atoms with Crippen LogP contribution in [-0.4, -0.2) is 32.8 Å². The zero-order chi connectivity index (χ0) is 22.4. The van der Waals surface area contributed by atoms with E-state index in [-0.39, 0.29) is 12.1 Å². The zero-order valence-electron chi connectivity index (χ0n) is 16.8. The second kappa shape index (κ2) is 7.26. The molecule has 1 saturated heterocycles. The van der Waals surface area contributed by atoms with Crippen LogP contribution in [0.15, 0.2) is 60.7 Å². The van der Waals surface area contributed by atoms with Crippen LogP contribution in [0, 0.1) is 13.8 Å². The zero-order valence-corrected chi connectivity index (χ0v) is 16.8. The maximum atomic E-state index is 14.0. The highest BCUT2D eigenvalue weighted by Gasteiger charge is 2.68. The summed E-state index contributed by atoms with van der Waals surface area (Å²) in [4.78, 5) is 26.0. The second-order valence-electron chi connectivity index (χ2n) is 7.44. The Bertz CT molecular complexity index is 1140. The van der Waals surface area contributed by atoms with E-state index < -0.39 is 23.7 Å². The maximum Gasteiger partial charge on any atom is 0.425 e. The van der Waals surface area contributed by atoms with E-state index in [0.717, 1.165) is 17.1 Å². The van der Waals surface area contributed by atoms with Crippen LogP contribution in [0.25, 0.3) is 5.69 Å². The molecule has 1 aromatic heterocycles. The number of carbonyl (C=O) groups is 2. The topological polar surface area (TPSA) is 67.2 Å². The van der Waals surface area contributed by atoms with Gasteiger partial charge in [-0.05, 0) is 43.2 Å². The Balaban J connectivity index is 1.63. The number of amides is 3. The molecule has 1 unspecified atom stereocenters. The van der Waals surface area contributed by atoms with Crippen LogP contribution in [0.5, 0.6) is 0 Å². The third-order valence-electron chi connectivity index (χ3n) is 5.27. The Hall–Kier alpha value is -3.62. The van der Waals surface area contributed by atoms with Crippen molar-refractivity contribution in [2.45, 2.75) is 32.1 Å². The number of hydrogen-bond donors (Lipinski definition) is 1. The average molecular weight is 428 g/mol. The highest BCUT2D eigenvalue weighted by molar-refractivity contribution is 6.08. The highest BCUT2D eigenvalue weighted by Crippen LogP contribution is 2.43. The maximum absolute atomic E-state index is 14.0. The molecule has 0 bridgehead atoms. The van der Waals surface area contributed by atoms with Crippen LogP contribution in [0.2, 0.25) is 0 Å². The van der Waals surface area contributed by atoms with Crippen molar-refractivity contribution in [3.63, 3.8) is 0 Å². The van der Waals surface area contributed by atoms with Gasteiger partial charge < -0.3 is 5.32 Å². The van der Waals surface area contributed by atoms with Gasteiger partial charge in [0.2, 0.25) is 5.54 Å². The summed E-state index contributed by atoms with van der Waals surface area (Å²) in [6, 6.07) is 14.3. The van der Waals surface area contributed by atoms with Crippen LogP contribution < -0.4 is 5.32 Å². The Kier molecular flexibility index (Phi) is 4.83. The van der Waals surface area contributed by atoms with Gasteiger partial charge in [0.15, 0.2) is 0 Å². The van der Waals surface area contributed by atoms with E-state index in [1.54, 1.807) is 28.9 Å². The molecule has 1 atom stereocenters. The highest BCUT2D eigenvalue weighted by atomic mass is 19.4. The van der Waals surface area contributed by atoms with Crippen LogP contribution in [0.4, 0.5) is 18.0 Å². The van der Waals surface area contributed by atoms with Crippen molar-refractivity contribution in [2.75, 3.05) is 0 Å². The predicted molar refractivity (Wildman–Crippen MR) is 106 cm³/mol. The molecule has 0 aliphatic carbocycles. The van der Waals surface area contributed by atoms with Gasteiger partial charge in [-0.1, -0.05) is 42.5 Å². The molecule has 160 valence electrons. The quantitative estimate of drug-likeness (QED) is 0.639. The molecule has 1 fully saturated rings. The summed E-state index contributed by atoms with van der Waals surface area (Å²) in [5.74, 6) is -1.35. The lowest BCUT2D eigenvalue weighted by Crippen LogP contribution is -2.55. The standard InChI is InChI=1S/C22H19F3N4O2/c1-14-12-15(2)29(27-14)18-10-8-16(9-11-18)13-28-19(30)21(22(23,24)25,26-20(28)31)17-6-4-3-5-7-17/h3-12H,13H2,1-2H3,(H,26,31). The van der Waals surface area contributed by atoms with Crippen molar-refractivity contribution in [1.82, 2.24) is 20.0 Å². The number of carbonyl (C=O) groups excluding carboxylic acids is 2. The summed E-state index contributed by atoms with van der Waals surface area (Å²) in [5.41, 5.74) is -0.374. The van der Waals surface area contributed by atoms with Gasteiger partial charge in [-0.2, -0.15) is 18.3 Å². The summed E-state index contributed by atoms with van der Waals surface area (Å²) < 4.78 is 43.9. The predicted octanol–water partition coefficient (Wildman–Crippen LogP) is 4.00. The van der Waals surface area contributed by atoms with Crippen molar-refractivity contribution in [1.29, 1.82) is 0 Å². The van der Waals surface area contributed by atoms with Crippen LogP contribution >= 0.6 is 0 Å². The summed E-state index contributed by atoms with van der Waals surface area (Å²) in [7, 11) is 0. The Morgan fingerprint density at radius 3 is 2.19 bits per heavy atom. The lowest BCUT2D eigenvalue weighted by atomic mass is 9.89. The van der Waals surface area contributed by atoms with E-state index in [2.05, 4.69) is 5.10 Å². The number of aromatic nitrogens is 2. The first-order valence-electron chi connectivity index (χ1n) is 9.52. The molecule has 1 aliphatic rings. The number of aryl methyl sites for hydroxylation is 2. The molecular formula is C22H19F3N4O2. The summed E-state index contributed by atoms with van der Waals surface area (Å²) in [5, 5.41) is 6.27. The first-order valence-corrected chi connectivity index (χ1v) is 9.52. The first-order chi connectivity index (χ1) is 14.6. The fraction of sp³-hybridized carbons (Fsp3) is 0.227. The molecular weight excluding hydrogens is 409 g/mol. The second-order valence-corrected chi connectivity index (χ2v) is 7.44.